The first-order valence-electron chi connectivity index (χ1n) is 7.40. The number of aromatic nitrogens is 2. The quantitative estimate of drug-likeness (QED) is 0.422. The second-order valence-electron chi connectivity index (χ2n) is 5.88. The molecule has 2 unspecified atom stereocenters. The summed E-state index contributed by atoms with van der Waals surface area (Å²) in [5.41, 5.74) is 3.19. The summed E-state index contributed by atoms with van der Waals surface area (Å²) in [6.45, 7) is 3.82. The number of halogens is 1. The summed E-state index contributed by atoms with van der Waals surface area (Å²) < 4.78 is 29.9. The first-order chi connectivity index (χ1) is 11.6. The topological polar surface area (TPSA) is 125 Å². The molecule has 136 valence electrons. The monoisotopic (exact) mass is 356 g/mol. The van der Waals surface area contributed by atoms with E-state index in [2.05, 4.69) is 4.98 Å². The molecule has 0 aromatic carbocycles. The van der Waals surface area contributed by atoms with Crippen LogP contribution in [0.25, 0.3) is 0 Å². The van der Waals surface area contributed by atoms with Crippen LogP contribution < -0.4 is 16.0 Å². The Hall–Kier alpha value is -2.75. The molecule has 0 aliphatic carbocycles. The summed E-state index contributed by atoms with van der Waals surface area (Å²) in [5.74, 6) is -2.52. The fourth-order valence-corrected chi connectivity index (χ4v) is 2.15. The molecule has 0 saturated carbocycles. The Morgan fingerprint density at radius 3 is 2.76 bits per heavy atom. The van der Waals surface area contributed by atoms with Gasteiger partial charge in [-0.2, -0.15) is 18.7 Å². The third kappa shape index (κ3) is 4.41. The van der Waals surface area contributed by atoms with Crippen molar-refractivity contribution in [3.63, 3.8) is 0 Å². The number of nitrogen functional groups attached to an aromatic ring is 1. The van der Waals surface area contributed by atoms with Gasteiger partial charge < -0.3 is 19.9 Å². The Kier molecular flexibility index (Phi) is 5.21. The summed E-state index contributed by atoms with van der Waals surface area (Å²) in [7, 11) is 0. The van der Waals surface area contributed by atoms with Crippen molar-refractivity contribution in [2.45, 2.75) is 38.7 Å². The number of carbonyl (C=O) groups is 2. The number of nitrogens with one attached hydrogen (secondary N) is 1. The Morgan fingerprint density at radius 1 is 1.44 bits per heavy atom. The molecule has 0 fully saturated rings. The van der Waals surface area contributed by atoms with E-state index >= 15 is 0 Å². The van der Waals surface area contributed by atoms with Crippen molar-refractivity contribution >= 4 is 17.8 Å². The maximum absolute atomic E-state index is 13.5. The largest absolute Gasteiger partial charge is 0.499 e. The number of esters is 2. The van der Waals surface area contributed by atoms with Gasteiger partial charge in [0, 0.05) is 6.92 Å². The smallest absolute Gasteiger partial charge is 0.460 e. The van der Waals surface area contributed by atoms with Crippen molar-refractivity contribution in [1.82, 2.24) is 4.98 Å². The average molecular weight is 356 g/mol. The van der Waals surface area contributed by atoms with Gasteiger partial charge in [-0.25, -0.2) is 4.79 Å². The Labute approximate surface area is 142 Å². The third-order valence-electron chi connectivity index (χ3n) is 3.33. The van der Waals surface area contributed by atoms with Crippen LogP contribution in [0.2, 0.25) is 0 Å². The zero-order valence-corrected chi connectivity index (χ0v) is 13.9. The van der Waals surface area contributed by atoms with Gasteiger partial charge in [0.1, 0.15) is 18.9 Å². The lowest BCUT2D eigenvalue weighted by Crippen LogP contribution is -2.55. The molecule has 1 aromatic heterocycles. The number of ether oxygens (including phenoxy) is 3. The highest BCUT2D eigenvalue weighted by molar-refractivity contribution is 5.82. The molecule has 1 aliphatic heterocycles. The van der Waals surface area contributed by atoms with Gasteiger partial charge in [0.15, 0.2) is 0 Å². The lowest BCUT2D eigenvalue weighted by atomic mass is 10.1. The summed E-state index contributed by atoms with van der Waals surface area (Å²) in [6.07, 6.45) is 2.48. The molecule has 0 amide bonds. The van der Waals surface area contributed by atoms with Crippen LogP contribution >= 0.6 is 0 Å². The van der Waals surface area contributed by atoms with E-state index in [-0.39, 0.29) is 12.4 Å². The first kappa shape index (κ1) is 18.6. The lowest BCUT2D eigenvalue weighted by molar-refractivity contribution is -0.765. The molecule has 1 aromatic rings. The number of anilines is 1. The highest BCUT2D eigenvalue weighted by atomic mass is 19.1. The minimum Gasteiger partial charge on any atom is -0.460 e. The van der Waals surface area contributed by atoms with Gasteiger partial charge in [-0.1, -0.05) is 0 Å². The normalized spacial score (nSPS) is 19.7. The van der Waals surface area contributed by atoms with Gasteiger partial charge in [-0.3, -0.25) is 4.79 Å². The van der Waals surface area contributed by atoms with Crippen LogP contribution in [0.15, 0.2) is 23.1 Å². The Balaban J connectivity index is 1.95. The fourth-order valence-electron chi connectivity index (χ4n) is 2.15. The summed E-state index contributed by atoms with van der Waals surface area (Å²) in [5, 5.41) is 0. The zero-order chi connectivity index (χ0) is 18.8. The molecule has 2 rings (SSSR count). The van der Waals surface area contributed by atoms with Crippen molar-refractivity contribution in [1.29, 1.82) is 0 Å². The molecule has 2 atom stereocenters. The minimum absolute atomic E-state index is 0.160. The maximum atomic E-state index is 13.5. The minimum atomic E-state index is -1.43. The molecular weight excluding hydrogens is 337 g/mol. The van der Waals surface area contributed by atoms with E-state index in [1.807, 2.05) is 0 Å². The second kappa shape index (κ2) is 7.01. The second-order valence-corrected chi connectivity index (χ2v) is 5.88. The van der Waals surface area contributed by atoms with E-state index in [9.17, 15) is 18.8 Å². The van der Waals surface area contributed by atoms with E-state index in [4.69, 9.17) is 19.9 Å². The van der Waals surface area contributed by atoms with E-state index in [1.165, 1.54) is 26.8 Å². The third-order valence-corrected chi connectivity index (χ3v) is 3.33. The summed E-state index contributed by atoms with van der Waals surface area (Å²) >= 11 is 0. The van der Waals surface area contributed by atoms with Crippen LogP contribution in [0.1, 0.15) is 27.0 Å². The van der Waals surface area contributed by atoms with Crippen LogP contribution in [-0.4, -0.2) is 35.2 Å². The van der Waals surface area contributed by atoms with E-state index in [1.54, 1.807) is 6.08 Å². The molecule has 10 heteroatoms. The van der Waals surface area contributed by atoms with E-state index in [0.29, 0.717) is 0 Å². The van der Waals surface area contributed by atoms with Gasteiger partial charge in [0.25, 0.3) is 0 Å². The first-order valence-corrected chi connectivity index (χ1v) is 7.40. The number of nitrogens with zero attached hydrogens (tertiary/aromatic N) is 1. The Bertz CT molecular complexity index is 773. The maximum Gasteiger partial charge on any atom is 0.499 e. The molecule has 9 nitrogen and oxygen atoms in total. The van der Waals surface area contributed by atoms with Gasteiger partial charge in [0.05, 0.1) is 0 Å². The molecule has 25 heavy (non-hydrogen) atoms. The summed E-state index contributed by atoms with van der Waals surface area (Å²) in [6, 6.07) is 0. The predicted molar refractivity (Wildman–Crippen MR) is 81.5 cm³/mol. The number of aromatic amines is 1. The fraction of sp³-hybridized carbons (Fsp3) is 0.467. The van der Waals surface area contributed by atoms with Gasteiger partial charge >= 0.3 is 17.6 Å². The van der Waals surface area contributed by atoms with Gasteiger partial charge in [0.2, 0.25) is 23.5 Å². The molecule has 2 heterocycles. The predicted octanol–water partition coefficient (Wildman–Crippen LogP) is -0.278. The molecular formula is C15H19FN3O6+. The van der Waals surface area contributed by atoms with E-state index in [0.717, 1.165) is 10.8 Å². The Morgan fingerprint density at radius 2 is 2.12 bits per heavy atom. The lowest BCUT2D eigenvalue weighted by Gasteiger charge is -2.23. The van der Waals surface area contributed by atoms with Gasteiger partial charge in [-0.15, -0.1) is 0 Å². The van der Waals surface area contributed by atoms with Crippen LogP contribution in [0.4, 0.5) is 10.2 Å². The van der Waals surface area contributed by atoms with Crippen molar-refractivity contribution in [2.75, 3.05) is 12.3 Å². The molecule has 3 N–H and O–H groups in total. The molecule has 0 radical (unpaired) electrons. The number of hydrogen-bond acceptors (Lipinski definition) is 7. The van der Waals surface area contributed by atoms with Crippen LogP contribution in [-0.2, 0) is 23.8 Å². The average Bonchev–Trinajstić information content (AvgIpc) is 2.95. The van der Waals surface area contributed by atoms with Crippen molar-refractivity contribution in [2.24, 2.45) is 0 Å². The van der Waals surface area contributed by atoms with E-state index < -0.39 is 41.4 Å². The van der Waals surface area contributed by atoms with Gasteiger partial charge in [-0.05, 0) is 26.0 Å². The van der Waals surface area contributed by atoms with Crippen LogP contribution in [0, 0.1) is 5.82 Å². The highest BCUT2D eigenvalue weighted by Gasteiger charge is 2.34. The van der Waals surface area contributed by atoms with Crippen molar-refractivity contribution in [3.8, 4) is 0 Å². The molecule has 0 saturated heterocycles. The number of rotatable bonds is 5. The van der Waals surface area contributed by atoms with Crippen LogP contribution in [0.5, 0.6) is 0 Å². The SMILES string of the molecule is CC(=O)OC(C)(C)C(=O)OCC1C=CC([n+]2cc(F)c(N)[nH]c2=O)O1. The van der Waals surface area contributed by atoms with Crippen molar-refractivity contribution < 1.29 is 32.8 Å². The highest BCUT2D eigenvalue weighted by Crippen LogP contribution is 2.18. The van der Waals surface area contributed by atoms with Crippen molar-refractivity contribution in [3.05, 3.63) is 34.7 Å². The zero-order valence-electron chi connectivity index (χ0n) is 13.9. The number of carbonyl (C=O) groups excluding carboxylic acids is 2. The molecule has 0 spiro atoms. The standard InChI is InChI=1S/C15H18FN3O6/c1-8(20)25-15(2,3)13(21)23-7-9-4-5-11(24-9)19-6-10(16)12(17)18-14(19)22/h4-6,9,11H,7H2,1-3H3,(H2,17,18,22)/p+1. The summed E-state index contributed by atoms with van der Waals surface area (Å²) in [4.78, 5) is 36.9. The number of hydrogen-bond donors (Lipinski definition) is 2. The molecule has 1 aliphatic rings. The van der Waals surface area contributed by atoms with Crippen LogP contribution in [0.3, 0.4) is 0 Å². The number of nitrogens with two attached hydrogens (primary N) is 1. The molecule has 0 bridgehead atoms. The number of H-pyrrole nitrogens is 1.